The van der Waals surface area contributed by atoms with E-state index in [1.165, 1.54) is 6.07 Å². The summed E-state index contributed by atoms with van der Waals surface area (Å²) in [4.78, 5) is 3.80. The highest BCUT2D eigenvalue weighted by Gasteiger charge is 2.07. The zero-order chi connectivity index (χ0) is 8.48. The third-order valence-electron chi connectivity index (χ3n) is 1.18. The predicted molar refractivity (Wildman–Crippen MR) is 40.9 cm³/mol. The average molecular weight is 170 g/mol. The fourth-order valence-electron chi connectivity index (χ4n) is 0.675. The van der Waals surface area contributed by atoms with E-state index in [2.05, 4.69) is 11.1 Å². The van der Waals surface area contributed by atoms with Gasteiger partial charge in [0.15, 0.2) is 14.9 Å². The number of rotatable bonds is 1. The van der Waals surface area contributed by atoms with Crippen LogP contribution in [0.2, 0.25) is 0 Å². The van der Waals surface area contributed by atoms with E-state index in [0.29, 0.717) is 5.69 Å². The van der Waals surface area contributed by atoms with Crippen molar-refractivity contribution in [2.75, 3.05) is 6.26 Å². The van der Waals surface area contributed by atoms with E-state index in [0.717, 1.165) is 6.26 Å². The van der Waals surface area contributed by atoms with E-state index in [4.69, 9.17) is 0 Å². The van der Waals surface area contributed by atoms with Gasteiger partial charge in [0.2, 0.25) is 0 Å². The minimum atomic E-state index is -3.16. The van der Waals surface area contributed by atoms with Crippen molar-refractivity contribution in [2.45, 2.75) is 11.9 Å². The maximum absolute atomic E-state index is 10.9. The van der Waals surface area contributed by atoms with E-state index in [1.807, 2.05) is 0 Å². The quantitative estimate of drug-likeness (QED) is 0.619. The van der Waals surface area contributed by atoms with E-state index < -0.39 is 9.84 Å². The Morgan fingerprint density at radius 1 is 1.55 bits per heavy atom. The third kappa shape index (κ3) is 2.01. The Bertz CT molecular complexity index is 356. The minimum absolute atomic E-state index is 0.105. The Morgan fingerprint density at radius 3 is 2.55 bits per heavy atom. The fourth-order valence-corrected chi connectivity index (χ4v) is 1.29. The second-order valence-corrected chi connectivity index (χ2v) is 4.25. The van der Waals surface area contributed by atoms with Gasteiger partial charge in [-0.25, -0.2) is 13.4 Å². The number of aromatic nitrogens is 1. The SMILES string of the molecule is Cc1[c]ccc(S(C)(=O)=O)n1. The average Bonchev–Trinajstić information content (AvgIpc) is 1.86. The van der Waals surface area contributed by atoms with Crippen LogP contribution in [0.1, 0.15) is 5.69 Å². The molecule has 0 N–H and O–H groups in total. The molecule has 1 heterocycles. The maximum atomic E-state index is 10.9. The van der Waals surface area contributed by atoms with Gasteiger partial charge in [-0.15, -0.1) is 0 Å². The molecule has 0 aliphatic carbocycles. The van der Waals surface area contributed by atoms with Crippen LogP contribution in [0.3, 0.4) is 0 Å². The van der Waals surface area contributed by atoms with Gasteiger partial charge in [0.25, 0.3) is 0 Å². The predicted octanol–water partition coefficient (Wildman–Crippen LogP) is 0.594. The first-order valence-electron chi connectivity index (χ1n) is 3.05. The Labute approximate surface area is 66.0 Å². The summed E-state index contributed by atoms with van der Waals surface area (Å²) < 4.78 is 21.8. The number of sulfone groups is 1. The molecule has 0 saturated carbocycles. The van der Waals surface area contributed by atoms with Gasteiger partial charge < -0.3 is 0 Å². The molecule has 4 heteroatoms. The van der Waals surface area contributed by atoms with Gasteiger partial charge in [-0.05, 0) is 19.1 Å². The molecule has 1 aromatic heterocycles. The Hall–Kier alpha value is -0.900. The summed E-state index contributed by atoms with van der Waals surface area (Å²) in [5.74, 6) is 0. The van der Waals surface area contributed by atoms with Crippen molar-refractivity contribution in [3.05, 3.63) is 23.9 Å². The van der Waals surface area contributed by atoms with Crippen LogP contribution in [-0.2, 0) is 9.84 Å². The number of nitrogens with zero attached hydrogens (tertiary/aromatic N) is 1. The molecule has 0 aromatic carbocycles. The summed E-state index contributed by atoms with van der Waals surface area (Å²) in [6.45, 7) is 1.70. The van der Waals surface area contributed by atoms with Gasteiger partial charge in [0.05, 0.1) is 0 Å². The highest BCUT2D eigenvalue weighted by Crippen LogP contribution is 2.03. The first kappa shape index (κ1) is 8.20. The number of pyridine rings is 1. The van der Waals surface area contributed by atoms with Crippen molar-refractivity contribution < 1.29 is 8.42 Å². The number of hydrogen-bond donors (Lipinski definition) is 0. The monoisotopic (exact) mass is 170 g/mol. The summed E-state index contributed by atoms with van der Waals surface area (Å²) in [6.07, 6.45) is 1.13. The van der Waals surface area contributed by atoms with Crippen molar-refractivity contribution in [1.29, 1.82) is 0 Å². The van der Waals surface area contributed by atoms with Crippen LogP contribution in [-0.4, -0.2) is 19.7 Å². The lowest BCUT2D eigenvalue weighted by Crippen LogP contribution is -2.00. The molecule has 0 amide bonds. The molecule has 59 valence electrons. The Balaban J connectivity index is 3.28. The molecule has 0 unspecified atom stereocenters. The van der Waals surface area contributed by atoms with E-state index in [9.17, 15) is 8.42 Å². The summed E-state index contributed by atoms with van der Waals surface area (Å²) in [6, 6.07) is 5.76. The lowest BCUT2D eigenvalue weighted by atomic mass is 10.4. The summed E-state index contributed by atoms with van der Waals surface area (Å²) >= 11 is 0. The zero-order valence-electron chi connectivity index (χ0n) is 6.33. The first-order valence-corrected chi connectivity index (χ1v) is 4.95. The van der Waals surface area contributed by atoms with Crippen molar-refractivity contribution in [2.24, 2.45) is 0 Å². The molecule has 0 spiro atoms. The van der Waals surface area contributed by atoms with Gasteiger partial charge >= 0.3 is 0 Å². The first-order chi connectivity index (χ1) is 5.00. The summed E-state index contributed by atoms with van der Waals surface area (Å²) in [7, 11) is -3.16. The van der Waals surface area contributed by atoms with Crippen LogP contribution in [0, 0.1) is 13.0 Å². The molecule has 1 aromatic rings. The molecule has 0 atom stereocenters. The zero-order valence-corrected chi connectivity index (χ0v) is 7.14. The molecule has 11 heavy (non-hydrogen) atoms. The van der Waals surface area contributed by atoms with Crippen molar-refractivity contribution in [3.63, 3.8) is 0 Å². The van der Waals surface area contributed by atoms with Gasteiger partial charge in [-0.2, -0.15) is 0 Å². The van der Waals surface area contributed by atoms with Gasteiger partial charge in [0.1, 0.15) is 0 Å². The van der Waals surface area contributed by atoms with Crippen LogP contribution in [0.15, 0.2) is 17.2 Å². The summed E-state index contributed by atoms with van der Waals surface area (Å²) in [5.41, 5.74) is 0.591. The van der Waals surface area contributed by atoms with Crippen LogP contribution in [0.5, 0.6) is 0 Å². The van der Waals surface area contributed by atoms with Gasteiger partial charge in [-0.1, -0.05) is 0 Å². The summed E-state index contributed by atoms with van der Waals surface area (Å²) in [5, 5.41) is 0.105. The van der Waals surface area contributed by atoms with E-state index in [-0.39, 0.29) is 5.03 Å². The molecule has 0 fully saturated rings. The van der Waals surface area contributed by atoms with Crippen LogP contribution in [0.25, 0.3) is 0 Å². The fraction of sp³-hybridized carbons (Fsp3) is 0.286. The molecule has 0 aliphatic rings. The molecule has 1 radical (unpaired) electrons. The lowest BCUT2D eigenvalue weighted by Gasteiger charge is -1.96. The Kier molecular flexibility index (Phi) is 1.95. The van der Waals surface area contributed by atoms with Crippen LogP contribution in [0.4, 0.5) is 0 Å². The molecule has 1 rings (SSSR count). The van der Waals surface area contributed by atoms with E-state index >= 15 is 0 Å². The second kappa shape index (κ2) is 2.62. The lowest BCUT2D eigenvalue weighted by molar-refractivity contribution is 0.598. The van der Waals surface area contributed by atoms with Crippen molar-refractivity contribution >= 4 is 9.84 Å². The molecule has 0 saturated heterocycles. The smallest absolute Gasteiger partial charge is 0.192 e. The highest BCUT2D eigenvalue weighted by atomic mass is 32.2. The minimum Gasteiger partial charge on any atom is -0.241 e. The molecular formula is C7H8NO2S. The number of hydrogen-bond acceptors (Lipinski definition) is 3. The van der Waals surface area contributed by atoms with Gasteiger partial charge in [-0.3, -0.25) is 0 Å². The topological polar surface area (TPSA) is 47.0 Å². The largest absolute Gasteiger partial charge is 0.241 e. The number of aryl methyl sites for hydroxylation is 1. The van der Waals surface area contributed by atoms with Crippen molar-refractivity contribution in [3.8, 4) is 0 Å². The van der Waals surface area contributed by atoms with Crippen LogP contribution < -0.4 is 0 Å². The van der Waals surface area contributed by atoms with Crippen molar-refractivity contribution in [1.82, 2.24) is 4.98 Å². The van der Waals surface area contributed by atoms with Crippen LogP contribution >= 0.6 is 0 Å². The molecule has 3 nitrogen and oxygen atoms in total. The second-order valence-electron chi connectivity index (χ2n) is 2.29. The molecule has 0 aliphatic heterocycles. The maximum Gasteiger partial charge on any atom is 0.192 e. The third-order valence-corrected chi connectivity index (χ3v) is 2.16. The van der Waals surface area contributed by atoms with Gasteiger partial charge in [0, 0.05) is 18.0 Å². The Morgan fingerprint density at radius 2 is 2.18 bits per heavy atom. The normalized spacial score (nSPS) is 11.5. The molecular weight excluding hydrogens is 162 g/mol. The molecule has 0 bridgehead atoms. The highest BCUT2D eigenvalue weighted by molar-refractivity contribution is 7.90. The standard InChI is InChI=1S/C7H8NO2S/c1-6-4-3-5-7(8-6)11(2,9)10/h3,5H,1-2H3. The van der Waals surface area contributed by atoms with E-state index in [1.54, 1.807) is 13.0 Å².